The van der Waals surface area contributed by atoms with Crippen LogP contribution in [0.15, 0.2) is 17.2 Å². The van der Waals surface area contributed by atoms with Crippen LogP contribution in [-0.2, 0) is 6.54 Å². The van der Waals surface area contributed by atoms with Crippen molar-refractivity contribution in [1.82, 2.24) is 14.5 Å². The third-order valence-corrected chi connectivity index (χ3v) is 3.48. The highest BCUT2D eigenvalue weighted by Crippen LogP contribution is 1.99. The van der Waals surface area contributed by atoms with Crippen molar-refractivity contribution < 1.29 is 0 Å². The summed E-state index contributed by atoms with van der Waals surface area (Å²) in [6, 6.07) is 0.558. The standard InChI is InChI=1S/C14H26N4O/c1-5-9-18-11-8-16-13(14(18)19)15-7-10-17(4)12(3)6-2/h8,11-12H,5-7,9-10H2,1-4H3,(H,15,16). The predicted octanol–water partition coefficient (Wildman–Crippen LogP) is 1.80. The molecular weight excluding hydrogens is 240 g/mol. The van der Waals surface area contributed by atoms with Crippen molar-refractivity contribution in [2.24, 2.45) is 0 Å². The van der Waals surface area contributed by atoms with Gasteiger partial charge in [-0.05, 0) is 26.8 Å². The van der Waals surface area contributed by atoms with Crippen LogP contribution in [0.2, 0.25) is 0 Å². The van der Waals surface area contributed by atoms with Gasteiger partial charge in [0.05, 0.1) is 0 Å². The van der Waals surface area contributed by atoms with Gasteiger partial charge in [0, 0.05) is 38.1 Å². The first-order chi connectivity index (χ1) is 9.10. The number of anilines is 1. The summed E-state index contributed by atoms with van der Waals surface area (Å²) in [6.45, 7) is 8.81. The van der Waals surface area contributed by atoms with E-state index in [0.29, 0.717) is 11.9 Å². The van der Waals surface area contributed by atoms with Crippen molar-refractivity contribution >= 4 is 5.82 Å². The van der Waals surface area contributed by atoms with Crippen molar-refractivity contribution in [3.8, 4) is 0 Å². The first-order valence-electron chi connectivity index (χ1n) is 7.09. The van der Waals surface area contributed by atoms with E-state index in [1.807, 2.05) is 0 Å². The Labute approximate surface area is 115 Å². The summed E-state index contributed by atoms with van der Waals surface area (Å²) in [5.41, 5.74) is -0.0319. The molecule has 0 aliphatic carbocycles. The second-order valence-corrected chi connectivity index (χ2v) is 4.94. The van der Waals surface area contributed by atoms with E-state index in [4.69, 9.17) is 0 Å². The largest absolute Gasteiger partial charge is 0.364 e. The Bertz CT molecular complexity index is 430. The lowest BCUT2D eigenvalue weighted by Gasteiger charge is -2.23. The van der Waals surface area contributed by atoms with Crippen LogP contribution >= 0.6 is 0 Å². The highest BCUT2D eigenvalue weighted by Gasteiger charge is 2.07. The van der Waals surface area contributed by atoms with Crippen LogP contribution in [0.4, 0.5) is 5.82 Å². The maximum absolute atomic E-state index is 12.0. The molecule has 0 radical (unpaired) electrons. The summed E-state index contributed by atoms with van der Waals surface area (Å²) in [6.07, 6.45) is 5.49. The number of nitrogens with zero attached hydrogens (tertiary/aromatic N) is 3. The van der Waals surface area contributed by atoms with Crippen LogP contribution in [0.5, 0.6) is 0 Å². The summed E-state index contributed by atoms with van der Waals surface area (Å²) in [5.74, 6) is 0.452. The first kappa shape index (κ1) is 15.7. The van der Waals surface area contributed by atoms with Crippen molar-refractivity contribution in [2.75, 3.05) is 25.5 Å². The second kappa shape index (κ2) is 7.94. The minimum atomic E-state index is -0.0319. The highest BCUT2D eigenvalue weighted by molar-refractivity contribution is 5.30. The van der Waals surface area contributed by atoms with Gasteiger partial charge < -0.3 is 14.8 Å². The number of hydrogen-bond acceptors (Lipinski definition) is 4. The fourth-order valence-electron chi connectivity index (χ4n) is 1.87. The molecule has 0 aliphatic heterocycles. The molecule has 0 amide bonds. The fraction of sp³-hybridized carbons (Fsp3) is 0.714. The summed E-state index contributed by atoms with van der Waals surface area (Å²) in [4.78, 5) is 18.4. The highest BCUT2D eigenvalue weighted by atomic mass is 16.1. The van der Waals surface area contributed by atoms with Crippen LogP contribution < -0.4 is 10.9 Å². The molecule has 108 valence electrons. The quantitative estimate of drug-likeness (QED) is 0.779. The third kappa shape index (κ3) is 4.67. The molecule has 1 aromatic heterocycles. The van der Waals surface area contributed by atoms with Crippen molar-refractivity contribution in [1.29, 1.82) is 0 Å². The molecule has 0 aliphatic rings. The van der Waals surface area contributed by atoms with Gasteiger partial charge in [0.25, 0.3) is 5.56 Å². The molecule has 0 spiro atoms. The zero-order valence-corrected chi connectivity index (χ0v) is 12.5. The summed E-state index contributed by atoms with van der Waals surface area (Å²) < 4.78 is 1.70. The molecule has 1 heterocycles. The van der Waals surface area contributed by atoms with E-state index >= 15 is 0 Å². The van der Waals surface area contributed by atoms with E-state index in [1.165, 1.54) is 0 Å². The summed E-state index contributed by atoms with van der Waals surface area (Å²) >= 11 is 0. The predicted molar refractivity (Wildman–Crippen MR) is 79.7 cm³/mol. The van der Waals surface area contributed by atoms with Crippen molar-refractivity contribution in [3.63, 3.8) is 0 Å². The van der Waals surface area contributed by atoms with E-state index in [2.05, 4.69) is 43.0 Å². The zero-order chi connectivity index (χ0) is 14.3. The van der Waals surface area contributed by atoms with Gasteiger partial charge in [-0.2, -0.15) is 0 Å². The Morgan fingerprint density at radius 1 is 1.47 bits per heavy atom. The molecular formula is C14H26N4O. The molecule has 19 heavy (non-hydrogen) atoms. The van der Waals surface area contributed by atoms with Gasteiger partial charge >= 0.3 is 0 Å². The van der Waals surface area contributed by atoms with Crippen molar-refractivity contribution in [3.05, 3.63) is 22.7 Å². The first-order valence-corrected chi connectivity index (χ1v) is 7.09. The molecule has 1 unspecified atom stereocenters. The van der Waals surface area contributed by atoms with Gasteiger partial charge in [0.1, 0.15) is 0 Å². The smallest absolute Gasteiger partial charge is 0.293 e. The number of nitrogens with one attached hydrogen (secondary N) is 1. The van der Waals surface area contributed by atoms with E-state index in [0.717, 1.165) is 32.5 Å². The topological polar surface area (TPSA) is 50.2 Å². The van der Waals surface area contributed by atoms with Crippen LogP contribution in [0.1, 0.15) is 33.6 Å². The number of hydrogen-bond donors (Lipinski definition) is 1. The van der Waals surface area contributed by atoms with E-state index < -0.39 is 0 Å². The Kier molecular flexibility index (Phi) is 6.56. The monoisotopic (exact) mass is 266 g/mol. The molecule has 1 rings (SSSR count). The average molecular weight is 266 g/mol. The maximum Gasteiger partial charge on any atom is 0.293 e. The number of aryl methyl sites for hydroxylation is 1. The second-order valence-electron chi connectivity index (χ2n) is 4.94. The molecule has 5 nitrogen and oxygen atoms in total. The van der Waals surface area contributed by atoms with Crippen LogP contribution in [0.3, 0.4) is 0 Å². The van der Waals surface area contributed by atoms with Crippen LogP contribution in [-0.4, -0.2) is 40.6 Å². The van der Waals surface area contributed by atoms with E-state index in [-0.39, 0.29) is 5.56 Å². The molecule has 0 fully saturated rings. The zero-order valence-electron chi connectivity index (χ0n) is 12.5. The van der Waals surface area contributed by atoms with Gasteiger partial charge in [-0.15, -0.1) is 0 Å². The Morgan fingerprint density at radius 2 is 2.21 bits per heavy atom. The number of aromatic nitrogens is 2. The molecule has 0 bridgehead atoms. The fourth-order valence-corrected chi connectivity index (χ4v) is 1.87. The average Bonchev–Trinajstić information content (AvgIpc) is 2.42. The lowest BCUT2D eigenvalue weighted by Crippen LogP contribution is -2.34. The molecule has 0 saturated carbocycles. The third-order valence-electron chi connectivity index (χ3n) is 3.48. The summed E-state index contributed by atoms with van der Waals surface area (Å²) in [5, 5.41) is 3.14. The van der Waals surface area contributed by atoms with Gasteiger partial charge in [-0.1, -0.05) is 13.8 Å². The van der Waals surface area contributed by atoms with Gasteiger partial charge in [-0.3, -0.25) is 4.79 Å². The maximum atomic E-state index is 12.0. The number of rotatable bonds is 8. The Hall–Kier alpha value is -1.36. The minimum Gasteiger partial charge on any atom is -0.364 e. The van der Waals surface area contributed by atoms with E-state index in [9.17, 15) is 4.79 Å². The van der Waals surface area contributed by atoms with Gasteiger partial charge in [0.15, 0.2) is 5.82 Å². The van der Waals surface area contributed by atoms with Gasteiger partial charge in [0.2, 0.25) is 0 Å². The molecule has 5 heteroatoms. The van der Waals surface area contributed by atoms with Crippen molar-refractivity contribution in [2.45, 2.75) is 46.2 Å². The van der Waals surface area contributed by atoms with Crippen LogP contribution in [0.25, 0.3) is 0 Å². The molecule has 1 atom stereocenters. The Morgan fingerprint density at radius 3 is 2.84 bits per heavy atom. The molecule has 1 aromatic rings. The molecule has 0 aromatic carbocycles. The Balaban J connectivity index is 2.54. The van der Waals surface area contributed by atoms with E-state index in [1.54, 1.807) is 17.0 Å². The lowest BCUT2D eigenvalue weighted by atomic mass is 10.2. The summed E-state index contributed by atoms with van der Waals surface area (Å²) in [7, 11) is 2.10. The number of likely N-dealkylation sites (N-methyl/N-ethyl adjacent to an activating group) is 1. The molecule has 0 saturated heterocycles. The van der Waals surface area contributed by atoms with Crippen LogP contribution in [0, 0.1) is 0 Å². The van der Waals surface area contributed by atoms with Gasteiger partial charge in [-0.25, -0.2) is 4.98 Å². The lowest BCUT2D eigenvalue weighted by molar-refractivity contribution is 0.261. The SMILES string of the molecule is CCCn1ccnc(NCCN(C)C(C)CC)c1=O. The minimum absolute atomic E-state index is 0.0319. The molecule has 1 N–H and O–H groups in total. The normalized spacial score (nSPS) is 12.7.